The largest absolute Gasteiger partial charge is 0.461 e. The summed E-state index contributed by atoms with van der Waals surface area (Å²) in [4.78, 5) is 24.3. The van der Waals surface area contributed by atoms with Crippen molar-refractivity contribution < 1.29 is 19.1 Å². The number of hydrogen-bond acceptors (Lipinski definition) is 5. The monoisotopic (exact) mass is 292 g/mol. The molecule has 1 fully saturated rings. The zero-order valence-corrected chi connectivity index (χ0v) is 12.3. The van der Waals surface area contributed by atoms with Gasteiger partial charge in [0.2, 0.25) is 0 Å². The van der Waals surface area contributed by atoms with E-state index in [2.05, 4.69) is 5.10 Å². The van der Waals surface area contributed by atoms with Gasteiger partial charge in [0.1, 0.15) is 5.69 Å². The Morgan fingerprint density at radius 1 is 1.38 bits per heavy atom. The molecule has 114 valence electrons. The van der Waals surface area contributed by atoms with Gasteiger partial charge in [-0.05, 0) is 39.0 Å². The number of ether oxygens (including phenoxy) is 2. The first-order valence-electron chi connectivity index (χ1n) is 7.65. The highest BCUT2D eigenvalue weighted by atomic mass is 16.5. The van der Waals surface area contributed by atoms with Crippen molar-refractivity contribution in [3.8, 4) is 0 Å². The van der Waals surface area contributed by atoms with E-state index in [1.54, 1.807) is 11.6 Å². The lowest BCUT2D eigenvalue weighted by atomic mass is 9.94. The number of carbonyl (C=O) groups is 2. The number of esters is 1. The van der Waals surface area contributed by atoms with Crippen molar-refractivity contribution in [2.45, 2.75) is 51.7 Å². The van der Waals surface area contributed by atoms with Crippen LogP contribution in [0.4, 0.5) is 0 Å². The molecule has 2 heterocycles. The van der Waals surface area contributed by atoms with E-state index in [1.165, 1.54) is 0 Å². The Morgan fingerprint density at radius 3 is 2.95 bits per heavy atom. The maximum Gasteiger partial charge on any atom is 0.359 e. The highest BCUT2D eigenvalue weighted by Crippen LogP contribution is 2.31. The second-order valence-corrected chi connectivity index (χ2v) is 5.44. The van der Waals surface area contributed by atoms with Crippen molar-refractivity contribution in [1.29, 1.82) is 0 Å². The summed E-state index contributed by atoms with van der Waals surface area (Å²) in [5.74, 6) is -0.397. The van der Waals surface area contributed by atoms with Crippen molar-refractivity contribution in [2.24, 2.45) is 0 Å². The lowest BCUT2D eigenvalue weighted by Crippen LogP contribution is -2.24. The minimum atomic E-state index is -0.446. The molecule has 21 heavy (non-hydrogen) atoms. The van der Waals surface area contributed by atoms with E-state index >= 15 is 0 Å². The molecule has 0 N–H and O–H groups in total. The Hall–Kier alpha value is -1.69. The van der Waals surface area contributed by atoms with Crippen LogP contribution in [0.2, 0.25) is 0 Å². The molecular formula is C15H20N2O4. The molecule has 6 nitrogen and oxygen atoms in total. The van der Waals surface area contributed by atoms with Crippen LogP contribution in [-0.4, -0.2) is 34.7 Å². The highest BCUT2D eigenvalue weighted by molar-refractivity contribution is 6.00. The third-order valence-electron chi connectivity index (χ3n) is 4.00. The number of hydrogen-bond donors (Lipinski definition) is 0. The lowest BCUT2D eigenvalue weighted by Gasteiger charge is -2.25. The van der Waals surface area contributed by atoms with Gasteiger partial charge in [0, 0.05) is 18.6 Å². The quantitative estimate of drug-likeness (QED) is 0.799. The molecule has 3 rings (SSSR count). The number of nitrogens with zero attached hydrogens (tertiary/aromatic N) is 2. The topological polar surface area (TPSA) is 70.4 Å². The van der Waals surface area contributed by atoms with Crippen LogP contribution < -0.4 is 0 Å². The van der Waals surface area contributed by atoms with E-state index in [0.29, 0.717) is 31.7 Å². The zero-order valence-electron chi connectivity index (χ0n) is 12.3. The van der Waals surface area contributed by atoms with Crippen LogP contribution in [0.5, 0.6) is 0 Å². The van der Waals surface area contributed by atoms with E-state index in [4.69, 9.17) is 9.47 Å². The van der Waals surface area contributed by atoms with Crippen LogP contribution in [-0.2, 0) is 15.9 Å². The summed E-state index contributed by atoms with van der Waals surface area (Å²) in [5, 5.41) is 4.38. The number of fused-ring (bicyclic) bond motifs is 1. The number of aromatic nitrogens is 2. The molecule has 1 aromatic heterocycles. The average Bonchev–Trinajstić information content (AvgIpc) is 2.89. The number of Topliss-reactive ketones (excluding diaryl/α,β-unsaturated/α-hetero) is 1. The second-order valence-electron chi connectivity index (χ2n) is 5.44. The predicted molar refractivity (Wildman–Crippen MR) is 74.3 cm³/mol. The minimum absolute atomic E-state index is 0.0495. The van der Waals surface area contributed by atoms with Gasteiger partial charge < -0.3 is 9.47 Å². The third-order valence-corrected chi connectivity index (χ3v) is 4.00. The summed E-state index contributed by atoms with van der Waals surface area (Å²) >= 11 is 0. The third kappa shape index (κ3) is 2.60. The van der Waals surface area contributed by atoms with Crippen LogP contribution in [0.15, 0.2) is 0 Å². The SMILES string of the molecule is CCOC(=O)c1nn(C2CCCCO2)c2c1CCCC2=O. The molecule has 1 aliphatic heterocycles. The van der Waals surface area contributed by atoms with E-state index in [0.717, 1.165) is 31.2 Å². The van der Waals surface area contributed by atoms with Crippen molar-refractivity contribution >= 4 is 11.8 Å². The van der Waals surface area contributed by atoms with Crippen LogP contribution >= 0.6 is 0 Å². The summed E-state index contributed by atoms with van der Waals surface area (Å²) < 4.78 is 12.4. The van der Waals surface area contributed by atoms with Crippen LogP contribution in [0.1, 0.15) is 71.8 Å². The smallest absolute Gasteiger partial charge is 0.359 e. The summed E-state index contributed by atoms with van der Waals surface area (Å²) in [5.41, 5.74) is 1.57. The first-order valence-corrected chi connectivity index (χ1v) is 7.65. The Morgan fingerprint density at radius 2 is 2.24 bits per heavy atom. The zero-order chi connectivity index (χ0) is 14.8. The highest BCUT2D eigenvalue weighted by Gasteiger charge is 2.33. The number of ketones is 1. The first kappa shape index (κ1) is 14.3. The van der Waals surface area contributed by atoms with Gasteiger partial charge in [-0.1, -0.05) is 0 Å². The molecular weight excluding hydrogens is 272 g/mol. The Bertz CT molecular complexity index is 558. The summed E-state index contributed by atoms with van der Waals surface area (Å²) in [6.45, 7) is 2.73. The molecule has 2 aliphatic rings. The van der Waals surface area contributed by atoms with Gasteiger partial charge >= 0.3 is 5.97 Å². The summed E-state index contributed by atoms with van der Waals surface area (Å²) in [6, 6.07) is 0. The van der Waals surface area contributed by atoms with E-state index in [1.807, 2.05) is 0 Å². The molecule has 0 spiro atoms. The Balaban J connectivity index is 2.02. The van der Waals surface area contributed by atoms with Crippen molar-refractivity contribution in [3.05, 3.63) is 17.0 Å². The maximum absolute atomic E-state index is 12.3. The van der Waals surface area contributed by atoms with Crippen LogP contribution in [0.3, 0.4) is 0 Å². The predicted octanol–water partition coefficient (Wildman–Crippen LogP) is 2.28. The lowest BCUT2D eigenvalue weighted by molar-refractivity contribution is -0.0409. The van der Waals surface area contributed by atoms with Gasteiger partial charge in [0.15, 0.2) is 17.7 Å². The molecule has 1 aromatic rings. The van der Waals surface area contributed by atoms with E-state index in [9.17, 15) is 9.59 Å². The molecule has 0 radical (unpaired) electrons. The van der Waals surface area contributed by atoms with E-state index in [-0.39, 0.29) is 17.7 Å². The van der Waals surface area contributed by atoms with Gasteiger partial charge in [-0.15, -0.1) is 0 Å². The van der Waals surface area contributed by atoms with Gasteiger partial charge in [-0.25, -0.2) is 9.48 Å². The fraction of sp³-hybridized carbons (Fsp3) is 0.667. The molecule has 0 amide bonds. The molecule has 0 saturated carbocycles. The van der Waals surface area contributed by atoms with Crippen LogP contribution in [0.25, 0.3) is 0 Å². The molecule has 1 atom stereocenters. The average molecular weight is 292 g/mol. The number of rotatable bonds is 3. The van der Waals surface area contributed by atoms with E-state index < -0.39 is 5.97 Å². The van der Waals surface area contributed by atoms with Gasteiger partial charge in [-0.3, -0.25) is 4.79 Å². The van der Waals surface area contributed by atoms with Gasteiger partial charge in [0.05, 0.1) is 6.61 Å². The standard InChI is InChI=1S/C15H20N2O4/c1-2-20-15(19)13-10-6-5-7-11(18)14(10)17(16-13)12-8-3-4-9-21-12/h12H,2-9H2,1H3. The molecule has 1 aliphatic carbocycles. The second kappa shape index (κ2) is 5.97. The maximum atomic E-state index is 12.3. The fourth-order valence-corrected chi connectivity index (χ4v) is 3.03. The normalized spacial score (nSPS) is 22.0. The molecule has 6 heteroatoms. The first-order chi connectivity index (χ1) is 10.2. The fourth-order valence-electron chi connectivity index (χ4n) is 3.03. The Labute approximate surface area is 123 Å². The molecule has 0 aromatic carbocycles. The van der Waals surface area contributed by atoms with Gasteiger partial charge in [-0.2, -0.15) is 5.10 Å². The van der Waals surface area contributed by atoms with Gasteiger partial charge in [0.25, 0.3) is 0 Å². The number of carbonyl (C=O) groups excluding carboxylic acids is 2. The molecule has 0 bridgehead atoms. The van der Waals surface area contributed by atoms with Crippen LogP contribution in [0, 0.1) is 0 Å². The van der Waals surface area contributed by atoms with Crippen molar-refractivity contribution in [2.75, 3.05) is 13.2 Å². The minimum Gasteiger partial charge on any atom is -0.461 e. The Kier molecular flexibility index (Phi) is 4.05. The van der Waals surface area contributed by atoms with Crippen molar-refractivity contribution in [1.82, 2.24) is 9.78 Å². The molecule has 1 saturated heterocycles. The summed E-state index contributed by atoms with van der Waals surface area (Å²) in [6.07, 6.45) is 4.62. The molecule has 1 unspecified atom stereocenters. The van der Waals surface area contributed by atoms with Crippen molar-refractivity contribution in [3.63, 3.8) is 0 Å². The summed E-state index contributed by atoms with van der Waals surface area (Å²) in [7, 11) is 0.